The fraction of sp³-hybridized carbons (Fsp3) is 0.455. The van der Waals surface area contributed by atoms with Crippen molar-refractivity contribution in [3.05, 3.63) is 18.2 Å². The number of pyridine rings is 1. The number of nitrogens with one attached hydrogen (secondary N) is 3. The highest BCUT2D eigenvalue weighted by Gasteiger charge is 2.20. The van der Waals surface area contributed by atoms with Crippen LogP contribution in [0, 0.1) is 0 Å². The van der Waals surface area contributed by atoms with Crippen LogP contribution in [0.2, 0.25) is 0 Å². The van der Waals surface area contributed by atoms with E-state index in [4.69, 9.17) is 0 Å². The molecule has 1 aromatic heterocycles. The molecule has 1 aromatic rings. The van der Waals surface area contributed by atoms with Crippen molar-refractivity contribution >= 4 is 17.5 Å². The molecule has 1 unspecified atom stereocenters. The Bertz CT molecular complexity index is 380. The van der Waals surface area contributed by atoms with Gasteiger partial charge in [0.15, 0.2) is 0 Å². The Labute approximate surface area is 94.6 Å². The van der Waals surface area contributed by atoms with Gasteiger partial charge in [-0.15, -0.1) is 0 Å². The maximum absolute atomic E-state index is 11.0. The van der Waals surface area contributed by atoms with E-state index in [0.29, 0.717) is 6.42 Å². The maximum atomic E-state index is 11.0. The summed E-state index contributed by atoms with van der Waals surface area (Å²) in [6.07, 6.45) is 1.54. The van der Waals surface area contributed by atoms with Gasteiger partial charge in [0.25, 0.3) is 0 Å². The molecule has 1 aliphatic rings. The third kappa shape index (κ3) is 2.62. The molecule has 1 atom stereocenters. The van der Waals surface area contributed by atoms with Gasteiger partial charge in [-0.3, -0.25) is 4.79 Å². The second kappa shape index (κ2) is 4.83. The van der Waals surface area contributed by atoms with Crippen molar-refractivity contribution in [2.75, 3.05) is 24.2 Å². The van der Waals surface area contributed by atoms with Crippen LogP contribution in [-0.4, -0.2) is 30.5 Å². The van der Waals surface area contributed by atoms with Gasteiger partial charge in [0.1, 0.15) is 11.6 Å². The van der Waals surface area contributed by atoms with Crippen LogP contribution in [0.5, 0.6) is 0 Å². The van der Waals surface area contributed by atoms with Crippen molar-refractivity contribution in [3.8, 4) is 0 Å². The number of nitrogens with zero attached hydrogens (tertiary/aromatic N) is 1. The van der Waals surface area contributed by atoms with E-state index >= 15 is 0 Å². The number of aromatic nitrogens is 1. The fourth-order valence-corrected chi connectivity index (χ4v) is 1.73. The summed E-state index contributed by atoms with van der Waals surface area (Å²) in [6.45, 7) is 0.728. The molecular weight excluding hydrogens is 204 g/mol. The van der Waals surface area contributed by atoms with Gasteiger partial charge >= 0.3 is 0 Å². The van der Waals surface area contributed by atoms with Crippen LogP contribution in [0.15, 0.2) is 18.2 Å². The molecule has 86 valence electrons. The molecule has 1 aliphatic heterocycles. The lowest BCUT2D eigenvalue weighted by Crippen LogP contribution is -2.31. The Kier molecular flexibility index (Phi) is 3.24. The van der Waals surface area contributed by atoms with E-state index < -0.39 is 0 Å². The first-order chi connectivity index (χ1) is 7.78. The first kappa shape index (κ1) is 10.7. The van der Waals surface area contributed by atoms with Crippen molar-refractivity contribution in [3.63, 3.8) is 0 Å². The van der Waals surface area contributed by atoms with Crippen molar-refractivity contribution in [1.29, 1.82) is 0 Å². The van der Waals surface area contributed by atoms with Gasteiger partial charge in [-0.2, -0.15) is 0 Å². The quantitative estimate of drug-likeness (QED) is 0.702. The average molecular weight is 220 g/mol. The lowest BCUT2D eigenvalue weighted by molar-refractivity contribution is -0.119. The van der Waals surface area contributed by atoms with Gasteiger partial charge in [-0.1, -0.05) is 6.07 Å². The Balaban J connectivity index is 1.87. The van der Waals surface area contributed by atoms with Crippen molar-refractivity contribution < 1.29 is 4.79 Å². The molecule has 0 radical (unpaired) electrons. The molecule has 2 rings (SSSR count). The van der Waals surface area contributed by atoms with E-state index in [2.05, 4.69) is 20.9 Å². The highest BCUT2D eigenvalue weighted by molar-refractivity contribution is 5.78. The molecular formula is C11H16N4O. The van der Waals surface area contributed by atoms with Gasteiger partial charge in [0.05, 0.1) is 0 Å². The zero-order valence-corrected chi connectivity index (χ0v) is 9.29. The lowest BCUT2D eigenvalue weighted by Gasteiger charge is -2.12. The smallest absolute Gasteiger partial charge is 0.220 e. The largest absolute Gasteiger partial charge is 0.373 e. The van der Waals surface area contributed by atoms with Crippen LogP contribution in [0.3, 0.4) is 0 Å². The summed E-state index contributed by atoms with van der Waals surface area (Å²) in [4.78, 5) is 15.3. The predicted octanol–water partition coefficient (Wildman–Crippen LogP) is 0.814. The normalized spacial score (nSPS) is 19.3. The van der Waals surface area contributed by atoms with E-state index in [-0.39, 0.29) is 11.9 Å². The topological polar surface area (TPSA) is 66.0 Å². The van der Waals surface area contributed by atoms with Crippen LogP contribution in [0.4, 0.5) is 11.6 Å². The minimum absolute atomic E-state index is 0.142. The predicted molar refractivity (Wildman–Crippen MR) is 63.4 cm³/mol. The summed E-state index contributed by atoms with van der Waals surface area (Å²) >= 11 is 0. The number of rotatable bonds is 4. The standard InChI is InChI=1S/C11H16N4O/c1-12-9-3-2-4-10(15-9)13-7-8-5-6-11(16)14-8/h2-4,8H,5-7H2,1H3,(H,14,16)(H2,12,13,15). The third-order valence-electron chi connectivity index (χ3n) is 2.62. The van der Waals surface area contributed by atoms with Gasteiger partial charge in [0, 0.05) is 26.1 Å². The molecule has 16 heavy (non-hydrogen) atoms. The first-order valence-corrected chi connectivity index (χ1v) is 5.46. The summed E-state index contributed by atoms with van der Waals surface area (Å²) in [6, 6.07) is 5.99. The molecule has 1 saturated heterocycles. The number of carbonyl (C=O) groups is 1. The van der Waals surface area contributed by atoms with E-state index in [1.807, 2.05) is 25.2 Å². The molecule has 0 bridgehead atoms. The molecule has 0 saturated carbocycles. The number of amides is 1. The molecule has 2 heterocycles. The molecule has 5 nitrogen and oxygen atoms in total. The Morgan fingerprint density at radius 2 is 2.31 bits per heavy atom. The Morgan fingerprint density at radius 1 is 1.50 bits per heavy atom. The minimum Gasteiger partial charge on any atom is -0.373 e. The van der Waals surface area contributed by atoms with Gasteiger partial charge < -0.3 is 16.0 Å². The third-order valence-corrected chi connectivity index (χ3v) is 2.62. The molecule has 3 N–H and O–H groups in total. The van der Waals surface area contributed by atoms with Crippen molar-refractivity contribution in [2.24, 2.45) is 0 Å². The SMILES string of the molecule is CNc1cccc(NCC2CCC(=O)N2)n1. The number of hydrogen-bond donors (Lipinski definition) is 3. The first-order valence-electron chi connectivity index (χ1n) is 5.46. The molecule has 1 amide bonds. The summed E-state index contributed by atoms with van der Waals surface area (Å²) in [5.74, 6) is 1.80. The molecule has 1 fully saturated rings. The maximum Gasteiger partial charge on any atom is 0.220 e. The molecule has 0 aromatic carbocycles. The van der Waals surface area contributed by atoms with E-state index in [1.54, 1.807) is 0 Å². The highest BCUT2D eigenvalue weighted by Crippen LogP contribution is 2.10. The molecule has 5 heteroatoms. The zero-order chi connectivity index (χ0) is 11.4. The van der Waals surface area contributed by atoms with Gasteiger partial charge in [0.2, 0.25) is 5.91 Å². The zero-order valence-electron chi connectivity index (χ0n) is 9.29. The lowest BCUT2D eigenvalue weighted by atomic mass is 10.2. The van der Waals surface area contributed by atoms with E-state index in [0.717, 1.165) is 24.6 Å². The van der Waals surface area contributed by atoms with Gasteiger partial charge in [-0.05, 0) is 18.6 Å². The van der Waals surface area contributed by atoms with Crippen molar-refractivity contribution in [2.45, 2.75) is 18.9 Å². The van der Waals surface area contributed by atoms with Gasteiger partial charge in [-0.25, -0.2) is 4.98 Å². The van der Waals surface area contributed by atoms with Crippen LogP contribution in [0.1, 0.15) is 12.8 Å². The van der Waals surface area contributed by atoms with Crippen LogP contribution >= 0.6 is 0 Å². The van der Waals surface area contributed by atoms with Crippen LogP contribution < -0.4 is 16.0 Å². The highest BCUT2D eigenvalue weighted by atomic mass is 16.1. The van der Waals surface area contributed by atoms with E-state index in [9.17, 15) is 4.79 Å². The molecule has 0 spiro atoms. The fourth-order valence-electron chi connectivity index (χ4n) is 1.73. The minimum atomic E-state index is 0.142. The summed E-state index contributed by atoms with van der Waals surface area (Å²) in [7, 11) is 1.84. The number of carbonyl (C=O) groups excluding carboxylic acids is 1. The second-order valence-corrected chi connectivity index (χ2v) is 3.84. The summed E-state index contributed by atoms with van der Waals surface area (Å²) < 4.78 is 0. The monoisotopic (exact) mass is 220 g/mol. The summed E-state index contributed by atoms with van der Waals surface area (Å²) in [5, 5.41) is 9.11. The number of anilines is 2. The molecule has 0 aliphatic carbocycles. The summed E-state index contributed by atoms with van der Waals surface area (Å²) in [5.41, 5.74) is 0. The average Bonchev–Trinajstić information content (AvgIpc) is 2.73. The van der Waals surface area contributed by atoms with E-state index in [1.165, 1.54) is 0 Å². The van der Waals surface area contributed by atoms with Crippen molar-refractivity contribution in [1.82, 2.24) is 10.3 Å². The van der Waals surface area contributed by atoms with Crippen LogP contribution in [-0.2, 0) is 4.79 Å². The second-order valence-electron chi connectivity index (χ2n) is 3.84. The number of hydrogen-bond acceptors (Lipinski definition) is 4. The Hall–Kier alpha value is -1.78. The van der Waals surface area contributed by atoms with Crippen LogP contribution in [0.25, 0.3) is 0 Å². The Morgan fingerprint density at radius 3 is 3.00 bits per heavy atom.